The largest absolute Gasteiger partial charge is 0.338 e. The van der Waals surface area contributed by atoms with E-state index in [1.54, 1.807) is 0 Å². The average Bonchev–Trinajstić information content (AvgIpc) is 2.61. The van der Waals surface area contributed by atoms with Gasteiger partial charge in [-0.1, -0.05) is 77.6 Å². The van der Waals surface area contributed by atoms with E-state index in [0.717, 1.165) is 25.0 Å². The summed E-state index contributed by atoms with van der Waals surface area (Å²) in [5.74, 6) is -1.43. The number of rotatable bonds is 14. The summed E-state index contributed by atoms with van der Waals surface area (Å²) < 4.78 is 26.2. The number of carbonyl (C=O) groups excluding carboxylic acids is 1. The van der Waals surface area contributed by atoms with Gasteiger partial charge in [0.2, 0.25) is 0 Å². The van der Waals surface area contributed by atoms with Crippen molar-refractivity contribution in [3.63, 3.8) is 0 Å². The van der Waals surface area contributed by atoms with E-state index in [1.807, 2.05) is 0 Å². The highest BCUT2D eigenvalue weighted by molar-refractivity contribution is 5.89. The van der Waals surface area contributed by atoms with Crippen LogP contribution < -0.4 is 10.6 Å². The normalized spacial score (nSPS) is 10.7. The molecule has 2 N–H and O–H groups in total. The van der Waals surface area contributed by atoms with Gasteiger partial charge < -0.3 is 10.6 Å². The van der Waals surface area contributed by atoms with Gasteiger partial charge in [0, 0.05) is 12.6 Å². The highest BCUT2D eigenvalue weighted by atomic mass is 19.1. The summed E-state index contributed by atoms with van der Waals surface area (Å²) in [6.07, 6.45) is 15.2. The summed E-state index contributed by atoms with van der Waals surface area (Å²) in [6, 6.07) is 2.62. The van der Waals surface area contributed by atoms with Crippen LogP contribution in [0, 0.1) is 11.6 Å². The molecule has 1 rings (SSSR count). The minimum atomic E-state index is -0.773. The molecular formula is C21H34F2N2O. The predicted octanol–water partition coefficient (Wildman–Crippen LogP) is 6.79. The molecule has 148 valence electrons. The Morgan fingerprint density at radius 2 is 1.38 bits per heavy atom. The van der Waals surface area contributed by atoms with Crippen LogP contribution in [0.1, 0.15) is 84.0 Å². The molecule has 0 aliphatic rings. The molecule has 0 aromatic heterocycles. The van der Waals surface area contributed by atoms with Crippen molar-refractivity contribution < 1.29 is 13.6 Å². The van der Waals surface area contributed by atoms with Crippen molar-refractivity contribution in [1.29, 1.82) is 0 Å². The number of unbranched alkanes of at least 4 members (excludes halogenated alkanes) is 11. The lowest BCUT2D eigenvalue weighted by Gasteiger charge is -2.08. The van der Waals surface area contributed by atoms with Crippen molar-refractivity contribution >= 4 is 11.7 Å². The third-order valence-electron chi connectivity index (χ3n) is 4.50. The highest BCUT2D eigenvalue weighted by Gasteiger charge is 2.07. The van der Waals surface area contributed by atoms with Crippen molar-refractivity contribution in [3.8, 4) is 0 Å². The molecule has 1 aromatic carbocycles. The Kier molecular flexibility index (Phi) is 12.5. The number of urea groups is 1. The average molecular weight is 369 g/mol. The summed E-state index contributed by atoms with van der Waals surface area (Å²) in [6.45, 7) is 2.80. The minimum absolute atomic E-state index is 0.0152. The quantitative estimate of drug-likeness (QED) is 0.349. The lowest BCUT2D eigenvalue weighted by Crippen LogP contribution is -2.29. The number of amides is 2. The first kappa shape index (κ1) is 22.4. The van der Waals surface area contributed by atoms with Gasteiger partial charge in [-0.2, -0.15) is 0 Å². The third kappa shape index (κ3) is 11.1. The van der Waals surface area contributed by atoms with Gasteiger partial charge in [0.25, 0.3) is 0 Å². The molecule has 0 saturated heterocycles. The van der Waals surface area contributed by atoms with Gasteiger partial charge in [-0.25, -0.2) is 13.6 Å². The maximum atomic E-state index is 13.4. The molecule has 0 fully saturated rings. The van der Waals surface area contributed by atoms with Crippen molar-refractivity contribution in [1.82, 2.24) is 5.32 Å². The summed E-state index contributed by atoms with van der Waals surface area (Å²) in [5, 5.41) is 5.09. The molecule has 1 aromatic rings. The number of carbonyl (C=O) groups is 1. The number of hydrogen-bond donors (Lipinski definition) is 2. The monoisotopic (exact) mass is 368 g/mol. The zero-order valence-corrected chi connectivity index (χ0v) is 16.1. The van der Waals surface area contributed by atoms with Crippen LogP contribution >= 0.6 is 0 Å². The van der Waals surface area contributed by atoms with Crippen LogP contribution in [0.4, 0.5) is 19.3 Å². The van der Waals surface area contributed by atoms with Gasteiger partial charge in [0.1, 0.15) is 11.6 Å². The van der Waals surface area contributed by atoms with Gasteiger partial charge in [-0.15, -0.1) is 0 Å². The fourth-order valence-corrected chi connectivity index (χ4v) is 2.93. The molecule has 0 aliphatic carbocycles. The van der Waals surface area contributed by atoms with Gasteiger partial charge in [0.05, 0.1) is 5.69 Å². The van der Waals surface area contributed by atoms with E-state index in [4.69, 9.17) is 0 Å². The smallest absolute Gasteiger partial charge is 0.319 e. The van der Waals surface area contributed by atoms with E-state index >= 15 is 0 Å². The Morgan fingerprint density at radius 3 is 1.92 bits per heavy atom. The SMILES string of the molecule is CCCCCCCCCCCCCCNC(=O)Nc1ccc(F)cc1F. The van der Waals surface area contributed by atoms with Gasteiger partial charge in [-0.3, -0.25) is 0 Å². The second kappa shape index (κ2) is 14.5. The Balaban J connectivity index is 1.92. The number of anilines is 1. The zero-order valence-electron chi connectivity index (χ0n) is 16.1. The molecule has 5 heteroatoms. The molecule has 0 atom stereocenters. The van der Waals surface area contributed by atoms with Crippen LogP contribution in [-0.4, -0.2) is 12.6 Å². The molecule has 0 radical (unpaired) electrons. The first-order valence-electron chi connectivity index (χ1n) is 10.1. The first-order valence-corrected chi connectivity index (χ1v) is 10.1. The number of nitrogens with one attached hydrogen (secondary N) is 2. The van der Waals surface area contributed by atoms with Crippen LogP contribution in [0.3, 0.4) is 0 Å². The Morgan fingerprint density at radius 1 is 0.846 bits per heavy atom. The zero-order chi connectivity index (χ0) is 19.0. The van der Waals surface area contributed by atoms with Crippen LogP contribution in [0.15, 0.2) is 18.2 Å². The Labute approximate surface area is 156 Å². The van der Waals surface area contributed by atoms with Crippen molar-refractivity contribution in [3.05, 3.63) is 29.8 Å². The van der Waals surface area contributed by atoms with Crippen molar-refractivity contribution in [2.75, 3.05) is 11.9 Å². The van der Waals surface area contributed by atoms with Gasteiger partial charge in [-0.05, 0) is 18.6 Å². The van der Waals surface area contributed by atoms with E-state index in [-0.39, 0.29) is 5.69 Å². The Bertz CT molecular complexity index is 509. The summed E-state index contributed by atoms with van der Waals surface area (Å²) in [5.41, 5.74) is -0.0152. The van der Waals surface area contributed by atoms with Gasteiger partial charge >= 0.3 is 6.03 Å². The summed E-state index contributed by atoms with van der Waals surface area (Å²) in [4.78, 5) is 11.7. The molecule has 3 nitrogen and oxygen atoms in total. The molecule has 26 heavy (non-hydrogen) atoms. The minimum Gasteiger partial charge on any atom is -0.338 e. The molecule has 0 spiro atoms. The number of benzene rings is 1. The van der Waals surface area contributed by atoms with E-state index in [0.29, 0.717) is 6.54 Å². The highest BCUT2D eigenvalue weighted by Crippen LogP contribution is 2.15. The fourth-order valence-electron chi connectivity index (χ4n) is 2.93. The predicted molar refractivity (Wildman–Crippen MR) is 104 cm³/mol. The molecule has 0 unspecified atom stereocenters. The molecule has 0 saturated carbocycles. The first-order chi connectivity index (χ1) is 12.6. The molecule has 0 heterocycles. The molecule has 0 aliphatic heterocycles. The number of hydrogen-bond acceptors (Lipinski definition) is 1. The topological polar surface area (TPSA) is 41.1 Å². The summed E-state index contributed by atoms with van der Waals surface area (Å²) in [7, 11) is 0. The lowest BCUT2D eigenvalue weighted by molar-refractivity contribution is 0.251. The van der Waals surface area contributed by atoms with Crippen LogP contribution in [-0.2, 0) is 0 Å². The second-order valence-electron chi connectivity index (χ2n) is 6.89. The van der Waals surface area contributed by atoms with Crippen LogP contribution in [0.25, 0.3) is 0 Å². The molecule has 0 bridgehead atoms. The fraction of sp³-hybridized carbons (Fsp3) is 0.667. The standard InChI is InChI=1S/C21H34F2N2O/c1-2-3-4-5-6-7-8-9-10-11-12-13-16-24-21(26)25-20-15-14-18(22)17-19(20)23/h14-15,17H,2-13,16H2,1H3,(H2,24,25,26). The van der Waals surface area contributed by atoms with Gasteiger partial charge in [0.15, 0.2) is 0 Å². The number of halogens is 2. The maximum Gasteiger partial charge on any atom is 0.319 e. The van der Waals surface area contributed by atoms with E-state index in [1.165, 1.54) is 70.3 Å². The molecule has 2 amide bonds. The second-order valence-corrected chi connectivity index (χ2v) is 6.89. The van der Waals surface area contributed by atoms with E-state index < -0.39 is 17.7 Å². The third-order valence-corrected chi connectivity index (χ3v) is 4.50. The Hall–Kier alpha value is -1.65. The van der Waals surface area contributed by atoms with Crippen molar-refractivity contribution in [2.45, 2.75) is 84.0 Å². The van der Waals surface area contributed by atoms with Crippen LogP contribution in [0.5, 0.6) is 0 Å². The molecular weight excluding hydrogens is 334 g/mol. The van der Waals surface area contributed by atoms with Crippen LogP contribution in [0.2, 0.25) is 0 Å². The van der Waals surface area contributed by atoms with Crippen molar-refractivity contribution in [2.24, 2.45) is 0 Å². The maximum absolute atomic E-state index is 13.4. The lowest BCUT2D eigenvalue weighted by atomic mass is 10.1. The van der Waals surface area contributed by atoms with E-state index in [9.17, 15) is 13.6 Å². The summed E-state index contributed by atoms with van der Waals surface area (Å²) >= 11 is 0. The van der Waals surface area contributed by atoms with E-state index in [2.05, 4.69) is 17.6 Å².